The largest absolute Gasteiger partial charge is 0.0776 e. The molecule has 0 heterocycles. The molecule has 3 unspecified atom stereocenters. The molecule has 1 aliphatic rings. The molecule has 0 amide bonds. The fraction of sp³-hybridized carbons (Fsp3) is 1.00. The van der Waals surface area contributed by atoms with E-state index in [4.69, 9.17) is 0 Å². The summed E-state index contributed by atoms with van der Waals surface area (Å²) in [5, 5.41) is 0. The van der Waals surface area contributed by atoms with E-state index < -0.39 is 0 Å². The first kappa shape index (κ1) is 14.5. The van der Waals surface area contributed by atoms with Crippen LogP contribution >= 0.6 is 0 Å². The van der Waals surface area contributed by atoms with Crippen LogP contribution in [-0.4, -0.2) is 0 Å². The predicted octanol–water partition coefficient (Wildman–Crippen LogP) is 4.74. The maximum absolute atomic E-state index is 2.39. The fourth-order valence-electron chi connectivity index (χ4n) is 1.82. The smallest absolute Gasteiger partial charge is 0.0414 e. The van der Waals surface area contributed by atoms with Crippen molar-refractivity contribution < 1.29 is 0 Å². The van der Waals surface area contributed by atoms with Crippen LogP contribution in [0.3, 0.4) is 0 Å². The Bertz CT molecular complexity index is 86.0. The molecule has 0 aliphatic heterocycles. The molecule has 0 aromatic rings. The molecule has 0 nitrogen and oxygen atoms in total. The fourth-order valence-corrected chi connectivity index (χ4v) is 1.82. The van der Waals surface area contributed by atoms with Crippen LogP contribution in [0.5, 0.6) is 0 Å². The molecule has 0 saturated heterocycles. The summed E-state index contributed by atoms with van der Waals surface area (Å²) in [6.45, 7) is 11.2. The van der Waals surface area contributed by atoms with Gasteiger partial charge in [0.2, 0.25) is 0 Å². The van der Waals surface area contributed by atoms with Gasteiger partial charge in [0, 0.05) is 0 Å². The average Bonchev–Trinajstić information content (AvgIpc) is 2.02. The second kappa shape index (κ2) is 7.64. The highest BCUT2D eigenvalue weighted by molar-refractivity contribution is 4.72. The van der Waals surface area contributed by atoms with Crippen molar-refractivity contribution in [3.8, 4) is 0 Å². The van der Waals surface area contributed by atoms with Crippen LogP contribution in [-0.2, 0) is 0 Å². The van der Waals surface area contributed by atoms with Gasteiger partial charge in [0.05, 0.1) is 0 Å². The van der Waals surface area contributed by atoms with E-state index in [1.165, 1.54) is 19.3 Å². The molecule has 1 fully saturated rings. The molecule has 0 aromatic carbocycles. The van der Waals surface area contributed by atoms with Crippen molar-refractivity contribution in [2.24, 2.45) is 17.8 Å². The molecule has 0 spiro atoms. The summed E-state index contributed by atoms with van der Waals surface area (Å²) in [4.78, 5) is 0. The Balaban J connectivity index is 0. The van der Waals surface area contributed by atoms with E-state index >= 15 is 0 Å². The molecule has 1 saturated carbocycles. The lowest BCUT2D eigenvalue weighted by Gasteiger charge is -2.29. The Morgan fingerprint density at radius 3 is 1.67 bits per heavy atom. The van der Waals surface area contributed by atoms with Gasteiger partial charge in [-0.2, -0.15) is 0 Å². The molecule has 12 heavy (non-hydrogen) atoms. The third-order valence-corrected chi connectivity index (χ3v) is 2.86. The molecule has 0 aromatic heterocycles. The van der Waals surface area contributed by atoms with Gasteiger partial charge in [-0.3, -0.25) is 0 Å². The molecule has 3 atom stereocenters. The standard InChI is InChI=1S/C9H18.C2H6.CH4/c1-7-4-5-8(2)9(3)6-7;1-2;/h7-9H,4-6H2,1-3H3;1-2H3;1H4. The van der Waals surface area contributed by atoms with Crippen molar-refractivity contribution in [3.05, 3.63) is 0 Å². The first-order valence-corrected chi connectivity index (χ1v) is 5.20. The third-order valence-electron chi connectivity index (χ3n) is 2.86. The zero-order valence-electron chi connectivity index (χ0n) is 8.85. The van der Waals surface area contributed by atoms with Gasteiger partial charge in [-0.25, -0.2) is 0 Å². The van der Waals surface area contributed by atoms with Crippen LogP contribution in [0.1, 0.15) is 61.3 Å². The summed E-state index contributed by atoms with van der Waals surface area (Å²) < 4.78 is 0. The summed E-state index contributed by atoms with van der Waals surface area (Å²) in [6, 6.07) is 0. The molecule has 76 valence electrons. The van der Waals surface area contributed by atoms with Crippen LogP contribution in [0.15, 0.2) is 0 Å². The Hall–Kier alpha value is 0. The summed E-state index contributed by atoms with van der Waals surface area (Å²) in [7, 11) is 0. The minimum Gasteiger partial charge on any atom is -0.0776 e. The van der Waals surface area contributed by atoms with Crippen LogP contribution in [0.4, 0.5) is 0 Å². The van der Waals surface area contributed by atoms with E-state index in [-0.39, 0.29) is 7.43 Å². The molecular formula is C12H28. The van der Waals surface area contributed by atoms with Crippen LogP contribution in [0, 0.1) is 17.8 Å². The van der Waals surface area contributed by atoms with Gasteiger partial charge in [0.25, 0.3) is 0 Å². The van der Waals surface area contributed by atoms with Gasteiger partial charge in [0.15, 0.2) is 0 Å². The SMILES string of the molecule is C.CC.CC1CCC(C)C(C)C1. The van der Waals surface area contributed by atoms with Gasteiger partial charge in [-0.05, 0) is 24.2 Å². The summed E-state index contributed by atoms with van der Waals surface area (Å²) in [5.74, 6) is 2.96. The lowest BCUT2D eigenvalue weighted by atomic mass is 9.77. The van der Waals surface area contributed by atoms with Gasteiger partial charge >= 0.3 is 0 Å². The van der Waals surface area contributed by atoms with E-state index in [2.05, 4.69) is 20.8 Å². The van der Waals surface area contributed by atoms with Gasteiger partial charge in [-0.1, -0.05) is 54.9 Å². The van der Waals surface area contributed by atoms with Crippen LogP contribution in [0.2, 0.25) is 0 Å². The minimum atomic E-state index is 0. The zero-order chi connectivity index (χ0) is 8.85. The van der Waals surface area contributed by atoms with Crippen molar-refractivity contribution in [2.75, 3.05) is 0 Å². The van der Waals surface area contributed by atoms with Crippen molar-refractivity contribution in [3.63, 3.8) is 0 Å². The molecule has 0 bridgehead atoms. The number of hydrogen-bond acceptors (Lipinski definition) is 0. The highest BCUT2D eigenvalue weighted by Gasteiger charge is 2.20. The highest BCUT2D eigenvalue weighted by Crippen LogP contribution is 2.32. The van der Waals surface area contributed by atoms with Crippen LogP contribution < -0.4 is 0 Å². The molecular weight excluding hydrogens is 144 g/mol. The van der Waals surface area contributed by atoms with E-state index in [1.54, 1.807) is 0 Å². The number of hydrogen-bond donors (Lipinski definition) is 0. The normalized spacial score (nSPS) is 34.2. The van der Waals surface area contributed by atoms with Gasteiger partial charge < -0.3 is 0 Å². The first-order chi connectivity index (χ1) is 5.20. The summed E-state index contributed by atoms with van der Waals surface area (Å²) >= 11 is 0. The molecule has 0 radical (unpaired) electrons. The van der Waals surface area contributed by atoms with Crippen molar-refractivity contribution in [1.82, 2.24) is 0 Å². The van der Waals surface area contributed by atoms with E-state index in [9.17, 15) is 0 Å². The van der Waals surface area contributed by atoms with Gasteiger partial charge in [0.1, 0.15) is 0 Å². The molecule has 1 aliphatic carbocycles. The third kappa shape index (κ3) is 4.79. The molecule has 1 rings (SSSR count). The van der Waals surface area contributed by atoms with E-state index in [0.717, 1.165) is 17.8 Å². The summed E-state index contributed by atoms with van der Waals surface area (Å²) in [5.41, 5.74) is 0. The Labute approximate surface area is 79.8 Å². The van der Waals surface area contributed by atoms with Crippen molar-refractivity contribution >= 4 is 0 Å². The highest BCUT2D eigenvalue weighted by atomic mass is 14.3. The topological polar surface area (TPSA) is 0 Å². The van der Waals surface area contributed by atoms with Crippen LogP contribution in [0.25, 0.3) is 0 Å². The van der Waals surface area contributed by atoms with Crippen molar-refractivity contribution in [1.29, 1.82) is 0 Å². The Morgan fingerprint density at radius 1 is 0.833 bits per heavy atom. The zero-order valence-corrected chi connectivity index (χ0v) is 8.85. The maximum Gasteiger partial charge on any atom is -0.0414 e. The summed E-state index contributed by atoms with van der Waals surface area (Å²) in [6.07, 6.45) is 4.38. The maximum atomic E-state index is 2.39. The first-order valence-electron chi connectivity index (χ1n) is 5.20. The average molecular weight is 172 g/mol. The van der Waals surface area contributed by atoms with Crippen molar-refractivity contribution in [2.45, 2.75) is 61.3 Å². The molecule has 0 heteroatoms. The second-order valence-corrected chi connectivity index (χ2v) is 3.87. The lowest BCUT2D eigenvalue weighted by molar-refractivity contribution is 0.220. The van der Waals surface area contributed by atoms with Gasteiger partial charge in [-0.15, -0.1) is 0 Å². The number of rotatable bonds is 0. The Kier molecular flexibility index (Phi) is 9.24. The molecule has 0 N–H and O–H groups in total. The quantitative estimate of drug-likeness (QED) is 0.495. The van der Waals surface area contributed by atoms with E-state index in [0.29, 0.717) is 0 Å². The minimum absolute atomic E-state index is 0. The second-order valence-electron chi connectivity index (χ2n) is 3.87. The van der Waals surface area contributed by atoms with E-state index in [1.807, 2.05) is 13.8 Å². The lowest BCUT2D eigenvalue weighted by Crippen LogP contribution is -2.18. The Morgan fingerprint density at radius 2 is 1.33 bits per heavy atom. The predicted molar refractivity (Wildman–Crippen MR) is 59.4 cm³/mol. The monoisotopic (exact) mass is 172 g/mol.